The van der Waals surface area contributed by atoms with E-state index in [1.807, 2.05) is 0 Å². The van der Waals surface area contributed by atoms with Gasteiger partial charge in [-0.2, -0.15) is 0 Å². The van der Waals surface area contributed by atoms with Gasteiger partial charge in [0.2, 0.25) is 0 Å². The number of nitrogens with two attached hydrogens (primary N) is 1. The smallest absolute Gasteiger partial charge is 0.0675 e. The molecule has 3 heteroatoms. The Bertz CT molecular complexity index is 236. The molecule has 3 atom stereocenters. The van der Waals surface area contributed by atoms with Gasteiger partial charge in [0.1, 0.15) is 0 Å². The van der Waals surface area contributed by atoms with Crippen LogP contribution in [0, 0.1) is 5.92 Å². The lowest BCUT2D eigenvalue weighted by molar-refractivity contribution is -0.0998. The first-order chi connectivity index (χ1) is 7.64. The molecule has 1 saturated carbocycles. The van der Waals surface area contributed by atoms with Gasteiger partial charge in [0.05, 0.1) is 12.7 Å². The molecular weight excluding hydrogens is 200 g/mol. The maximum atomic E-state index is 6.12. The zero-order valence-corrected chi connectivity index (χ0v) is 10.9. The summed E-state index contributed by atoms with van der Waals surface area (Å²) in [6.45, 7) is 9.43. The van der Waals surface area contributed by atoms with E-state index in [4.69, 9.17) is 10.5 Å². The van der Waals surface area contributed by atoms with Crippen LogP contribution in [0.5, 0.6) is 0 Å². The summed E-state index contributed by atoms with van der Waals surface area (Å²) in [5, 5.41) is 0. The Morgan fingerprint density at radius 2 is 2.06 bits per heavy atom. The minimum Gasteiger partial charge on any atom is -0.376 e. The zero-order valence-electron chi connectivity index (χ0n) is 10.9. The molecule has 2 fully saturated rings. The number of morpholine rings is 1. The first kappa shape index (κ1) is 12.3. The molecular formula is C13H26N2O. The summed E-state index contributed by atoms with van der Waals surface area (Å²) in [6.07, 6.45) is 4.26. The summed E-state index contributed by atoms with van der Waals surface area (Å²) in [6, 6.07) is 0.514. The van der Waals surface area contributed by atoms with Crippen molar-refractivity contribution < 1.29 is 4.74 Å². The standard InChI is InChI=1S/C13H26N2O/c1-4-13(9-14,12-5-6-12)15-7-11(3)16-8-10(15)2/h10-12H,4-9,14H2,1-3H3. The highest BCUT2D eigenvalue weighted by Crippen LogP contribution is 2.46. The third kappa shape index (κ3) is 2.01. The Hall–Kier alpha value is -0.120. The Balaban J connectivity index is 2.17. The summed E-state index contributed by atoms with van der Waals surface area (Å²) in [4.78, 5) is 2.64. The van der Waals surface area contributed by atoms with Crippen LogP contribution >= 0.6 is 0 Å². The Morgan fingerprint density at radius 1 is 1.38 bits per heavy atom. The lowest BCUT2D eigenvalue weighted by Gasteiger charge is -2.50. The fourth-order valence-corrected chi connectivity index (χ4v) is 3.30. The molecule has 1 saturated heterocycles. The van der Waals surface area contributed by atoms with Gasteiger partial charge in [0, 0.05) is 24.7 Å². The van der Waals surface area contributed by atoms with Crippen molar-refractivity contribution in [2.75, 3.05) is 19.7 Å². The molecule has 16 heavy (non-hydrogen) atoms. The second-order valence-corrected chi connectivity index (χ2v) is 5.58. The largest absolute Gasteiger partial charge is 0.376 e. The molecule has 3 nitrogen and oxygen atoms in total. The number of hydrogen-bond donors (Lipinski definition) is 1. The average Bonchev–Trinajstić information content (AvgIpc) is 3.10. The van der Waals surface area contributed by atoms with Gasteiger partial charge in [0.25, 0.3) is 0 Å². The normalized spacial score (nSPS) is 36.0. The minimum absolute atomic E-state index is 0.247. The van der Waals surface area contributed by atoms with E-state index in [9.17, 15) is 0 Å². The maximum absolute atomic E-state index is 6.12. The summed E-state index contributed by atoms with van der Waals surface area (Å²) < 4.78 is 5.72. The molecule has 2 rings (SSSR count). The van der Waals surface area contributed by atoms with Gasteiger partial charge in [-0.1, -0.05) is 6.92 Å². The highest BCUT2D eigenvalue weighted by molar-refractivity contribution is 5.05. The fourth-order valence-electron chi connectivity index (χ4n) is 3.30. The van der Waals surface area contributed by atoms with Gasteiger partial charge in [-0.05, 0) is 39.0 Å². The van der Waals surface area contributed by atoms with Crippen molar-refractivity contribution in [2.45, 2.75) is 57.7 Å². The van der Waals surface area contributed by atoms with Crippen molar-refractivity contribution in [1.29, 1.82) is 0 Å². The highest BCUT2D eigenvalue weighted by atomic mass is 16.5. The molecule has 0 amide bonds. The van der Waals surface area contributed by atoms with Crippen molar-refractivity contribution in [3.8, 4) is 0 Å². The van der Waals surface area contributed by atoms with Crippen LogP contribution in [0.1, 0.15) is 40.0 Å². The summed E-state index contributed by atoms with van der Waals surface area (Å²) >= 11 is 0. The van der Waals surface area contributed by atoms with E-state index in [1.165, 1.54) is 19.3 Å². The van der Waals surface area contributed by atoms with Crippen LogP contribution in [0.2, 0.25) is 0 Å². The van der Waals surface area contributed by atoms with Gasteiger partial charge in [0.15, 0.2) is 0 Å². The van der Waals surface area contributed by atoms with E-state index in [0.717, 1.165) is 25.6 Å². The van der Waals surface area contributed by atoms with Crippen molar-refractivity contribution in [2.24, 2.45) is 11.7 Å². The lowest BCUT2D eigenvalue weighted by atomic mass is 9.86. The number of ether oxygens (including phenoxy) is 1. The zero-order chi connectivity index (χ0) is 11.8. The van der Waals surface area contributed by atoms with Crippen LogP contribution in [0.3, 0.4) is 0 Å². The van der Waals surface area contributed by atoms with E-state index >= 15 is 0 Å². The molecule has 94 valence electrons. The van der Waals surface area contributed by atoms with Crippen molar-refractivity contribution in [3.63, 3.8) is 0 Å². The van der Waals surface area contributed by atoms with E-state index < -0.39 is 0 Å². The van der Waals surface area contributed by atoms with E-state index in [-0.39, 0.29) is 5.54 Å². The predicted molar refractivity (Wildman–Crippen MR) is 66.4 cm³/mol. The molecule has 0 aromatic rings. The Kier molecular flexibility index (Phi) is 3.57. The van der Waals surface area contributed by atoms with Crippen molar-refractivity contribution in [3.05, 3.63) is 0 Å². The van der Waals surface area contributed by atoms with Crippen LogP contribution in [-0.4, -0.2) is 42.3 Å². The van der Waals surface area contributed by atoms with Crippen LogP contribution in [0.4, 0.5) is 0 Å². The molecule has 3 unspecified atom stereocenters. The number of hydrogen-bond acceptors (Lipinski definition) is 3. The molecule has 2 N–H and O–H groups in total. The molecule has 1 aliphatic heterocycles. The highest BCUT2D eigenvalue weighted by Gasteiger charge is 2.49. The quantitative estimate of drug-likeness (QED) is 0.791. The maximum Gasteiger partial charge on any atom is 0.0675 e. The summed E-state index contributed by atoms with van der Waals surface area (Å²) in [5.74, 6) is 0.829. The molecule has 0 aromatic heterocycles. The monoisotopic (exact) mass is 226 g/mol. The first-order valence-electron chi connectivity index (χ1n) is 6.72. The van der Waals surface area contributed by atoms with Gasteiger partial charge >= 0.3 is 0 Å². The van der Waals surface area contributed by atoms with Gasteiger partial charge in [-0.25, -0.2) is 0 Å². The van der Waals surface area contributed by atoms with Crippen LogP contribution in [0.15, 0.2) is 0 Å². The molecule has 1 heterocycles. The molecule has 0 spiro atoms. The minimum atomic E-state index is 0.247. The Labute approximate surface area is 99.3 Å². The van der Waals surface area contributed by atoms with Crippen molar-refractivity contribution >= 4 is 0 Å². The summed E-state index contributed by atoms with van der Waals surface area (Å²) in [7, 11) is 0. The van der Waals surface area contributed by atoms with Gasteiger partial charge in [-0.3, -0.25) is 4.90 Å². The fraction of sp³-hybridized carbons (Fsp3) is 1.00. The number of rotatable bonds is 4. The van der Waals surface area contributed by atoms with Crippen LogP contribution in [-0.2, 0) is 4.74 Å². The molecule has 2 aliphatic rings. The molecule has 1 aliphatic carbocycles. The van der Waals surface area contributed by atoms with Crippen LogP contribution in [0.25, 0.3) is 0 Å². The van der Waals surface area contributed by atoms with Crippen molar-refractivity contribution in [1.82, 2.24) is 4.90 Å². The second-order valence-electron chi connectivity index (χ2n) is 5.58. The number of nitrogens with zero attached hydrogens (tertiary/aromatic N) is 1. The van der Waals surface area contributed by atoms with Gasteiger partial charge < -0.3 is 10.5 Å². The topological polar surface area (TPSA) is 38.5 Å². The molecule has 0 aromatic carbocycles. The molecule has 0 bridgehead atoms. The second kappa shape index (κ2) is 4.63. The van der Waals surface area contributed by atoms with Crippen LogP contribution < -0.4 is 5.73 Å². The van der Waals surface area contributed by atoms with E-state index in [0.29, 0.717) is 12.1 Å². The SMILES string of the molecule is CCC(CN)(C1CC1)N1CC(C)OCC1C. The third-order valence-corrected chi connectivity index (χ3v) is 4.48. The average molecular weight is 226 g/mol. The third-order valence-electron chi connectivity index (χ3n) is 4.48. The van der Waals surface area contributed by atoms with E-state index in [1.54, 1.807) is 0 Å². The predicted octanol–water partition coefficient (Wildman–Crippen LogP) is 1.61. The lowest BCUT2D eigenvalue weighted by Crippen LogP contribution is -2.63. The Morgan fingerprint density at radius 3 is 2.56 bits per heavy atom. The van der Waals surface area contributed by atoms with Gasteiger partial charge in [-0.15, -0.1) is 0 Å². The summed E-state index contributed by atoms with van der Waals surface area (Å²) in [5.41, 5.74) is 6.36. The molecule has 0 radical (unpaired) electrons. The van der Waals surface area contributed by atoms with E-state index in [2.05, 4.69) is 25.7 Å². The first-order valence-corrected chi connectivity index (χ1v) is 6.72.